The number of piperidine rings is 1. The summed E-state index contributed by atoms with van der Waals surface area (Å²) in [5.41, 5.74) is 2.23. The maximum Gasteiger partial charge on any atom is 0.124 e. The van der Waals surface area contributed by atoms with E-state index in [1.54, 1.807) is 0 Å². The first-order valence-corrected chi connectivity index (χ1v) is 6.39. The SMILES string of the molecule is CC1CCN(C)[C@@H](c2nc3ccccc3[nH]2)C1. The molecule has 1 aliphatic rings. The molecular weight excluding hydrogens is 210 g/mol. The van der Waals surface area contributed by atoms with E-state index in [0.717, 1.165) is 22.8 Å². The Kier molecular flexibility index (Phi) is 2.63. The number of nitrogens with zero attached hydrogens (tertiary/aromatic N) is 2. The molecule has 0 radical (unpaired) electrons. The van der Waals surface area contributed by atoms with Gasteiger partial charge in [-0.2, -0.15) is 0 Å². The number of nitrogens with one attached hydrogen (secondary N) is 1. The molecule has 3 heteroatoms. The van der Waals surface area contributed by atoms with E-state index in [-0.39, 0.29) is 0 Å². The van der Waals surface area contributed by atoms with Crippen molar-refractivity contribution in [2.24, 2.45) is 5.92 Å². The molecular formula is C14H19N3. The number of likely N-dealkylation sites (tertiary alicyclic amines) is 1. The number of benzene rings is 1. The average molecular weight is 229 g/mol. The number of fused-ring (bicyclic) bond motifs is 1. The largest absolute Gasteiger partial charge is 0.341 e. The van der Waals surface area contributed by atoms with Crippen molar-refractivity contribution >= 4 is 11.0 Å². The molecule has 0 amide bonds. The van der Waals surface area contributed by atoms with Gasteiger partial charge in [0.2, 0.25) is 0 Å². The van der Waals surface area contributed by atoms with Crippen LogP contribution in [0.4, 0.5) is 0 Å². The maximum atomic E-state index is 4.72. The highest BCUT2D eigenvalue weighted by Crippen LogP contribution is 2.32. The second-order valence-electron chi connectivity index (χ2n) is 5.27. The fourth-order valence-corrected chi connectivity index (χ4v) is 2.71. The van der Waals surface area contributed by atoms with Crippen LogP contribution in [0, 0.1) is 5.92 Å². The average Bonchev–Trinajstić information content (AvgIpc) is 2.75. The summed E-state index contributed by atoms with van der Waals surface area (Å²) in [4.78, 5) is 10.6. The van der Waals surface area contributed by atoms with Gasteiger partial charge in [0.25, 0.3) is 0 Å². The lowest BCUT2D eigenvalue weighted by atomic mass is 9.92. The van der Waals surface area contributed by atoms with E-state index in [0.29, 0.717) is 6.04 Å². The third-order valence-corrected chi connectivity index (χ3v) is 3.86. The predicted molar refractivity (Wildman–Crippen MR) is 69.9 cm³/mol. The molecule has 0 aliphatic carbocycles. The molecule has 1 aromatic carbocycles. The minimum Gasteiger partial charge on any atom is -0.341 e. The topological polar surface area (TPSA) is 31.9 Å². The zero-order valence-electron chi connectivity index (χ0n) is 10.5. The Labute approximate surface area is 102 Å². The second kappa shape index (κ2) is 4.15. The molecule has 3 nitrogen and oxygen atoms in total. The third kappa shape index (κ3) is 1.95. The van der Waals surface area contributed by atoms with Crippen LogP contribution >= 0.6 is 0 Å². The van der Waals surface area contributed by atoms with Crippen LogP contribution in [0.25, 0.3) is 11.0 Å². The lowest BCUT2D eigenvalue weighted by Gasteiger charge is -2.34. The Bertz CT molecular complexity index is 484. The molecule has 1 fully saturated rings. The first kappa shape index (κ1) is 10.8. The first-order valence-electron chi connectivity index (χ1n) is 6.39. The van der Waals surface area contributed by atoms with Crippen LogP contribution in [0.2, 0.25) is 0 Å². The van der Waals surface area contributed by atoms with E-state index in [4.69, 9.17) is 4.98 Å². The number of rotatable bonds is 1. The van der Waals surface area contributed by atoms with Gasteiger partial charge in [-0.15, -0.1) is 0 Å². The maximum absolute atomic E-state index is 4.72. The zero-order valence-corrected chi connectivity index (χ0v) is 10.5. The Morgan fingerprint density at radius 3 is 3.00 bits per heavy atom. The summed E-state index contributed by atoms with van der Waals surface area (Å²) in [6.45, 7) is 3.51. The highest BCUT2D eigenvalue weighted by atomic mass is 15.2. The molecule has 90 valence electrons. The van der Waals surface area contributed by atoms with E-state index in [2.05, 4.69) is 42.1 Å². The Balaban J connectivity index is 1.96. The van der Waals surface area contributed by atoms with Crippen molar-refractivity contribution in [3.63, 3.8) is 0 Å². The summed E-state index contributed by atoms with van der Waals surface area (Å²) < 4.78 is 0. The Morgan fingerprint density at radius 1 is 1.35 bits per heavy atom. The first-order chi connectivity index (χ1) is 8.24. The van der Waals surface area contributed by atoms with Gasteiger partial charge in [-0.25, -0.2) is 4.98 Å². The molecule has 1 aromatic heterocycles. The van der Waals surface area contributed by atoms with Crippen molar-refractivity contribution < 1.29 is 0 Å². The lowest BCUT2D eigenvalue weighted by Crippen LogP contribution is -2.33. The van der Waals surface area contributed by atoms with Gasteiger partial charge in [-0.3, -0.25) is 4.90 Å². The van der Waals surface area contributed by atoms with Crippen molar-refractivity contribution in [3.05, 3.63) is 30.1 Å². The highest BCUT2D eigenvalue weighted by Gasteiger charge is 2.27. The molecule has 17 heavy (non-hydrogen) atoms. The van der Waals surface area contributed by atoms with Crippen LogP contribution < -0.4 is 0 Å². The van der Waals surface area contributed by atoms with Crippen molar-refractivity contribution in [1.82, 2.24) is 14.9 Å². The van der Waals surface area contributed by atoms with Gasteiger partial charge >= 0.3 is 0 Å². The van der Waals surface area contributed by atoms with Gasteiger partial charge in [0.05, 0.1) is 17.1 Å². The predicted octanol–water partition coefficient (Wildman–Crippen LogP) is 2.97. The van der Waals surface area contributed by atoms with Crippen LogP contribution in [0.15, 0.2) is 24.3 Å². The minimum atomic E-state index is 0.450. The van der Waals surface area contributed by atoms with Gasteiger partial charge < -0.3 is 4.98 Å². The molecule has 2 atom stereocenters. The van der Waals surface area contributed by atoms with E-state index in [1.807, 2.05) is 6.07 Å². The van der Waals surface area contributed by atoms with Crippen LogP contribution in [0.3, 0.4) is 0 Å². The minimum absolute atomic E-state index is 0.450. The summed E-state index contributed by atoms with van der Waals surface area (Å²) in [5, 5.41) is 0. The fraction of sp³-hybridized carbons (Fsp3) is 0.500. The smallest absolute Gasteiger partial charge is 0.124 e. The molecule has 1 aliphatic heterocycles. The van der Waals surface area contributed by atoms with Crippen molar-refractivity contribution in [2.45, 2.75) is 25.8 Å². The van der Waals surface area contributed by atoms with Crippen LogP contribution in [0.1, 0.15) is 31.6 Å². The van der Waals surface area contributed by atoms with Crippen LogP contribution in [-0.2, 0) is 0 Å². The zero-order chi connectivity index (χ0) is 11.8. The van der Waals surface area contributed by atoms with Crippen molar-refractivity contribution in [1.29, 1.82) is 0 Å². The molecule has 2 heterocycles. The summed E-state index contributed by atoms with van der Waals surface area (Å²) >= 11 is 0. The van der Waals surface area contributed by atoms with Gasteiger partial charge in [-0.1, -0.05) is 19.1 Å². The number of aromatic nitrogens is 2. The summed E-state index contributed by atoms with van der Waals surface area (Å²) in [6, 6.07) is 8.71. The van der Waals surface area contributed by atoms with Crippen molar-refractivity contribution in [3.8, 4) is 0 Å². The number of hydrogen-bond acceptors (Lipinski definition) is 2. The number of imidazole rings is 1. The van der Waals surface area contributed by atoms with E-state index in [9.17, 15) is 0 Å². The van der Waals surface area contributed by atoms with Gasteiger partial charge in [0.1, 0.15) is 5.82 Å². The summed E-state index contributed by atoms with van der Waals surface area (Å²) in [6.07, 6.45) is 2.50. The quantitative estimate of drug-likeness (QED) is 0.815. The Hall–Kier alpha value is -1.35. The third-order valence-electron chi connectivity index (χ3n) is 3.86. The molecule has 1 saturated heterocycles. The van der Waals surface area contributed by atoms with E-state index >= 15 is 0 Å². The number of aromatic amines is 1. The van der Waals surface area contributed by atoms with E-state index < -0.39 is 0 Å². The standard InChI is InChI=1S/C14H19N3/c1-10-7-8-17(2)13(9-10)14-15-11-5-3-4-6-12(11)16-14/h3-6,10,13H,7-9H2,1-2H3,(H,15,16)/t10?,13-/m1/s1. The number of hydrogen-bond donors (Lipinski definition) is 1. The highest BCUT2D eigenvalue weighted by molar-refractivity contribution is 5.74. The monoisotopic (exact) mass is 229 g/mol. The molecule has 0 spiro atoms. The molecule has 0 bridgehead atoms. The molecule has 1 N–H and O–H groups in total. The van der Waals surface area contributed by atoms with Crippen LogP contribution in [0.5, 0.6) is 0 Å². The van der Waals surface area contributed by atoms with Gasteiger partial charge in [0.15, 0.2) is 0 Å². The lowest BCUT2D eigenvalue weighted by molar-refractivity contribution is 0.144. The Morgan fingerprint density at radius 2 is 2.18 bits per heavy atom. The molecule has 2 aromatic rings. The van der Waals surface area contributed by atoms with Gasteiger partial charge in [-0.05, 0) is 44.5 Å². The molecule has 1 unspecified atom stereocenters. The normalized spacial score (nSPS) is 26.5. The van der Waals surface area contributed by atoms with E-state index in [1.165, 1.54) is 19.4 Å². The fourth-order valence-electron chi connectivity index (χ4n) is 2.71. The molecule has 0 saturated carbocycles. The second-order valence-corrected chi connectivity index (χ2v) is 5.27. The number of para-hydroxylation sites is 2. The van der Waals surface area contributed by atoms with Crippen LogP contribution in [-0.4, -0.2) is 28.5 Å². The summed E-state index contributed by atoms with van der Waals surface area (Å²) in [5.74, 6) is 1.92. The van der Waals surface area contributed by atoms with Crippen molar-refractivity contribution in [2.75, 3.05) is 13.6 Å². The summed E-state index contributed by atoms with van der Waals surface area (Å²) in [7, 11) is 2.20. The number of H-pyrrole nitrogens is 1. The van der Waals surface area contributed by atoms with Gasteiger partial charge in [0, 0.05) is 0 Å². The molecule has 3 rings (SSSR count).